The highest BCUT2D eigenvalue weighted by atomic mass is 35.5. The topological polar surface area (TPSA) is 72.4 Å². The number of nitro benzene ring substituents is 1. The van der Waals surface area contributed by atoms with Crippen LogP contribution >= 0.6 is 11.6 Å². The maximum absolute atomic E-state index is 10.7. The fourth-order valence-electron chi connectivity index (χ4n) is 2.77. The highest BCUT2D eigenvalue weighted by Crippen LogP contribution is 2.35. The number of halogens is 1. The number of nitrogens with two attached hydrogens (primary N) is 1. The molecule has 0 radical (unpaired) electrons. The molecule has 1 aromatic carbocycles. The summed E-state index contributed by atoms with van der Waals surface area (Å²) < 4.78 is 0. The molecule has 1 heterocycles. The fourth-order valence-corrected chi connectivity index (χ4v) is 3.04. The van der Waals surface area contributed by atoms with Gasteiger partial charge in [0, 0.05) is 30.8 Å². The second kappa shape index (κ2) is 5.75. The van der Waals surface area contributed by atoms with Crippen LogP contribution < -0.4 is 10.6 Å². The minimum absolute atomic E-state index is 0.0164. The van der Waals surface area contributed by atoms with Gasteiger partial charge in [-0.15, -0.1) is 0 Å². The number of nitrogens with zero attached hydrogens (tertiary/aromatic N) is 2. The minimum Gasteiger partial charge on any atom is -0.363 e. The molecule has 1 aliphatic heterocycles. The Labute approximate surface area is 117 Å². The molecule has 1 saturated heterocycles. The second-order valence-electron chi connectivity index (χ2n) is 4.97. The molecule has 0 aliphatic carbocycles. The second-order valence-corrected chi connectivity index (χ2v) is 5.38. The Morgan fingerprint density at radius 3 is 2.84 bits per heavy atom. The summed E-state index contributed by atoms with van der Waals surface area (Å²) in [7, 11) is 0. The van der Waals surface area contributed by atoms with Crippen LogP contribution in [0.3, 0.4) is 0 Å². The fraction of sp³-hybridized carbons (Fsp3) is 0.538. The summed E-state index contributed by atoms with van der Waals surface area (Å²) in [5.74, 6) is 0. The summed E-state index contributed by atoms with van der Waals surface area (Å²) in [5, 5.41) is 11.2. The van der Waals surface area contributed by atoms with Crippen molar-refractivity contribution in [3.05, 3.63) is 33.3 Å². The van der Waals surface area contributed by atoms with Gasteiger partial charge in [-0.3, -0.25) is 10.1 Å². The van der Waals surface area contributed by atoms with Crippen molar-refractivity contribution in [3.8, 4) is 0 Å². The molecule has 0 spiro atoms. The lowest BCUT2D eigenvalue weighted by Gasteiger charge is -2.42. The van der Waals surface area contributed by atoms with Crippen LogP contribution in [-0.2, 0) is 0 Å². The van der Waals surface area contributed by atoms with Crippen molar-refractivity contribution in [2.45, 2.75) is 38.3 Å². The zero-order chi connectivity index (χ0) is 14.0. The van der Waals surface area contributed by atoms with Crippen molar-refractivity contribution in [1.29, 1.82) is 0 Å². The number of rotatable bonds is 3. The maximum atomic E-state index is 10.7. The number of hydrogen-bond acceptors (Lipinski definition) is 4. The van der Waals surface area contributed by atoms with E-state index in [0.29, 0.717) is 17.6 Å². The van der Waals surface area contributed by atoms with E-state index >= 15 is 0 Å². The van der Waals surface area contributed by atoms with E-state index in [1.807, 2.05) is 0 Å². The molecular formula is C13H18ClN3O2. The highest BCUT2D eigenvalue weighted by molar-refractivity contribution is 6.33. The SMILES string of the molecule is CC1CCCC(CN)N1c1ccc([N+](=O)[O-])cc1Cl. The van der Waals surface area contributed by atoms with E-state index in [0.717, 1.165) is 24.9 Å². The summed E-state index contributed by atoms with van der Waals surface area (Å²) >= 11 is 6.21. The van der Waals surface area contributed by atoms with E-state index in [2.05, 4.69) is 11.8 Å². The summed E-state index contributed by atoms with van der Waals surface area (Å²) in [6.07, 6.45) is 3.28. The zero-order valence-electron chi connectivity index (χ0n) is 10.9. The third-order valence-electron chi connectivity index (χ3n) is 3.72. The Kier molecular flexibility index (Phi) is 4.27. The van der Waals surface area contributed by atoms with Gasteiger partial charge in [0.15, 0.2) is 0 Å². The first-order valence-corrected chi connectivity index (χ1v) is 6.84. The first-order chi connectivity index (χ1) is 9.04. The van der Waals surface area contributed by atoms with Crippen molar-refractivity contribution >= 4 is 23.0 Å². The van der Waals surface area contributed by atoms with Crippen molar-refractivity contribution < 1.29 is 4.92 Å². The lowest BCUT2D eigenvalue weighted by molar-refractivity contribution is -0.384. The quantitative estimate of drug-likeness (QED) is 0.684. The van der Waals surface area contributed by atoms with Crippen LogP contribution in [0.1, 0.15) is 26.2 Å². The van der Waals surface area contributed by atoms with Crippen LogP contribution in [0.2, 0.25) is 5.02 Å². The van der Waals surface area contributed by atoms with Crippen LogP contribution in [0, 0.1) is 10.1 Å². The molecule has 5 nitrogen and oxygen atoms in total. The summed E-state index contributed by atoms with van der Waals surface area (Å²) in [5.41, 5.74) is 6.69. The van der Waals surface area contributed by atoms with E-state index in [9.17, 15) is 10.1 Å². The van der Waals surface area contributed by atoms with Crippen LogP contribution in [0.4, 0.5) is 11.4 Å². The first-order valence-electron chi connectivity index (χ1n) is 6.47. The van der Waals surface area contributed by atoms with Gasteiger partial charge in [-0.25, -0.2) is 0 Å². The van der Waals surface area contributed by atoms with Crippen LogP contribution in [-0.4, -0.2) is 23.6 Å². The highest BCUT2D eigenvalue weighted by Gasteiger charge is 2.28. The van der Waals surface area contributed by atoms with E-state index in [4.69, 9.17) is 17.3 Å². The lowest BCUT2D eigenvalue weighted by atomic mass is 9.95. The molecular weight excluding hydrogens is 266 g/mol. The predicted molar refractivity (Wildman–Crippen MR) is 76.7 cm³/mol. The summed E-state index contributed by atoms with van der Waals surface area (Å²) in [6, 6.07) is 5.23. The van der Waals surface area contributed by atoms with Crippen LogP contribution in [0.5, 0.6) is 0 Å². The third-order valence-corrected chi connectivity index (χ3v) is 4.02. The Bertz CT molecular complexity index is 481. The number of hydrogen-bond donors (Lipinski definition) is 1. The van der Waals surface area contributed by atoms with Crippen molar-refractivity contribution in [2.75, 3.05) is 11.4 Å². The molecule has 104 valence electrons. The van der Waals surface area contributed by atoms with Gasteiger partial charge in [0.05, 0.1) is 15.6 Å². The molecule has 2 N–H and O–H groups in total. The molecule has 2 unspecified atom stereocenters. The molecule has 2 atom stereocenters. The monoisotopic (exact) mass is 283 g/mol. The average molecular weight is 284 g/mol. The maximum Gasteiger partial charge on any atom is 0.271 e. The first kappa shape index (κ1) is 14.1. The zero-order valence-corrected chi connectivity index (χ0v) is 11.6. The Hall–Kier alpha value is -1.33. The minimum atomic E-state index is -0.435. The molecule has 0 amide bonds. The van der Waals surface area contributed by atoms with E-state index in [1.165, 1.54) is 12.1 Å². The molecule has 0 aromatic heterocycles. The summed E-state index contributed by atoms with van der Waals surface area (Å²) in [6.45, 7) is 2.71. The standard InChI is InChI=1S/C13H18ClN3O2/c1-9-3-2-4-11(8-15)16(9)13-6-5-10(17(18)19)7-12(13)14/h5-7,9,11H,2-4,8,15H2,1H3. The summed E-state index contributed by atoms with van der Waals surface area (Å²) in [4.78, 5) is 12.5. The number of anilines is 1. The number of benzene rings is 1. The van der Waals surface area contributed by atoms with E-state index < -0.39 is 4.92 Å². The molecule has 19 heavy (non-hydrogen) atoms. The Morgan fingerprint density at radius 1 is 1.53 bits per heavy atom. The molecule has 1 aliphatic rings. The van der Waals surface area contributed by atoms with E-state index in [1.54, 1.807) is 6.07 Å². The molecule has 2 rings (SSSR count). The van der Waals surface area contributed by atoms with Crippen LogP contribution in [0.25, 0.3) is 0 Å². The molecule has 0 bridgehead atoms. The van der Waals surface area contributed by atoms with Gasteiger partial charge in [0.25, 0.3) is 5.69 Å². The van der Waals surface area contributed by atoms with Gasteiger partial charge in [0.2, 0.25) is 0 Å². The van der Waals surface area contributed by atoms with Crippen molar-refractivity contribution in [2.24, 2.45) is 5.73 Å². The van der Waals surface area contributed by atoms with Gasteiger partial charge >= 0.3 is 0 Å². The lowest BCUT2D eigenvalue weighted by Crippen LogP contribution is -2.49. The van der Waals surface area contributed by atoms with Gasteiger partial charge in [-0.2, -0.15) is 0 Å². The van der Waals surface area contributed by atoms with Gasteiger partial charge in [-0.1, -0.05) is 11.6 Å². The van der Waals surface area contributed by atoms with Gasteiger partial charge < -0.3 is 10.6 Å². The van der Waals surface area contributed by atoms with Crippen molar-refractivity contribution in [1.82, 2.24) is 0 Å². The normalized spacial score (nSPS) is 23.4. The van der Waals surface area contributed by atoms with Crippen LogP contribution in [0.15, 0.2) is 18.2 Å². The molecule has 6 heteroatoms. The van der Waals surface area contributed by atoms with E-state index in [-0.39, 0.29) is 11.7 Å². The number of nitro groups is 1. The molecule has 1 fully saturated rings. The predicted octanol–water partition coefficient (Wildman–Crippen LogP) is 2.95. The van der Waals surface area contributed by atoms with Gasteiger partial charge in [-0.05, 0) is 32.3 Å². The molecule has 1 aromatic rings. The smallest absolute Gasteiger partial charge is 0.271 e. The Morgan fingerprint density at radius 2 is 2.26 bits per heavy atom. The van der Waals surface area contributed by atoms with Crippen molar-refractivity contribution in [3.63, 3.8) is 0 Å². The number of non-ortho nitro benzene ring substituents is 1. The third kappa shape index (κ3) is 2.82. The largest absolute Gasteiger partial charge is 0.363 e. The number of piperidine rings is 1. The van der Waals surface area contributed by atoms with Gasteiger partial charge in [0.1, 0.15) is 0 Å². The Balaban J connectivity index is 2.36. The molecule has 0 saturated carbocycles. The average Bonchev–Trinajstić information content (AvgIpc) is 2.38.